The molecule has 2 fully saturated rings. The lowest BCUT2D eigenvalue weighted by Gasteiger charge is -2.27. The summed E-state index contributed by atoms with van der Waals surface area (Å²) < 4.78 is 5.24. The standard InChI is InChI=1S/C20H34O4/c1-4-6-8-16-17(9-7-5-2)20(23)19-15(12-24-13(3)22)10-14(11-21)18(16)19/h14-19,21H,4-12H2,1-3H3/t14-,15+,16-,17-,18+,19+/m0/s1. The number of ether oxygens (including phenoxy) is 1. The van der Waals surface area contributed by atoms with Gasteiger partial charge < -0.3 is 9.84 Å². The molecule has 24 heavy (non-hydrogen) atoms. The molecule has 2 aliphatic rings. The van der Waals surface area contributed by atoms with Crippen molar-refractivity contribution in [1.29, 1.82) is 0 Å². The SMILES string of the molecule is CCCC[C@@H]1[C@H]2[C@H](CO)C[C@H](COC(C)=O)[C@H]2C(=O)[C@H]1CCCC. The summed E-state index contributed by atoms with van der Waals surface area (Å²) in [5.74, 6) is 1.24. The third-order valence-electron chi connectivity index (χ3n) is 6.27. The van der Waals surface area contributed by atoms with Crippen molar-refractivity contribution in [2.24, 2.45) is 35.5 Å². The highest BCUT2D eigenvalue weighted by molar-refractivity contribution is 5.87. The maximum absolute atomic E-state index is 13.2. The van der Waals surface area contributed by atoms with Crippen molar-refractivity contribution in [2.75, 3.05) is 13.2 Å². The molecular formula is C20H34O4. The first-order chi connectivity index (χ1) is 11.5. The molecule has 0 amide bonds. The molecule has 0 aromatic rings. The molecule has 1 N–H and O–H groups in total. The Morgan fingerprint density at radius 3 is 2.42 bits per heavy atom. The Bertz CT molecular complexity index is 433. The maximum atomic E-state index is 13.2. The van der Waals surface area contributed by atoms with E-state index in [-0.39, 0.29) is 42.2 Å². The first-order valence-electron chi connectivity index (χ1n) is 9.82. The fraction of sp³-hybridized carbons (Fsp3) is 0.900. The largest absolute Gasteiger partial charge is 0.466 e. The summed E-state index contributed by atoms with van der Waals surface area (Å²) in [5, 5.41) is 9.88. The number of fused-ring (bicyclic) bond motifs is 1. The zero-order valence-electron chi connectivity index (χ0n) is 15.5. The number of hydrogen-bond acceptors (Lipinski definition) is 4. The zero-order chi connectivity index (χ0) is 17.7. The molecular weight excluding hydrogens is 304 g/mol. The Labute approximate surface area is 146 Å². The van der Waals surface area contributed by atoms with Crippen LogP contribution < -0.4 is 0 Å². The van der Waals surface area contributed by atoms with Gasteiger partial charge in [0.25, 0.3) is 0 Å². The smallest absolute Gasteiger partial charge is 0.302 e. The van der Waals surface area contributed by atoms with Crippen LogP contribution in [0, 0.1) is 35.5 Å². The maximum Gasteiger partial charge on any atom is 0.302 e. The topological polar surface area (TPSA) is 63.6 Å². The van der Waals surface area contributed by atoms with Crippen LogP contribution in [0.25, 0.3) is 0 Å². The molecule has 0 aliphatic heterocycles. The van der Waals surface area contributed by atoms with Gasteiger partial charge in [-0.25, -0.2) is 0 Å². The lowest BCUT2D eigenvalue weighted by molar-refractivity contribution is -0.143. The van der Waals surface area contributed by atoms with Crippen molar-refractivity contribution in [2.45, 2.75) is 65.7 Å². The van der Waals surface area contributed by atoms with Crippen LogP contribution in [0.5, 0.6) is 0 Å². The van der Waals surface area contributed by atoms with E-state index in [2.05, 4.69) is 13.8 Å². The Morgan fingerprint density at radius 2 is 1.83 bits per heavy atom. The number of carbonyl (C=O) groups is 2. The second-order valence-electron chi connectivity index (χ2n) is 7.80. The number of Topliss-reactive ketones (excluding diaryl/α,β-unsaturated/α-hetero) is 1. The summed E-state index contributed by atoms with van der Waals surface area (Å²) in [6.07, 6.45) is 7.38. The molecule has 6 atom stereocenters. The number of aliphatic hydroxyl groups excluding tert-OH is 1. The summed E-state index contributed by atoms with van der Waals surface area (Å²) in [4.78, 5) is 24.3. The van der Waals surface area contributed by atoms with Crippen LogP contribution in [-0.4, -0.2) is 30.1 Å². The number of esters is 1. The van der Waals surface area contributed by atoms with Crippen LogP contribution in [0.2, 0.25) is 0 Å². The highest BCUT2D eigenvalue weighted by Crippen LogP contribution is 2.56. The van der Waals surface area contributed by atoms with E-state index >= 15 is 0 Å². The van der Waals surface area contributed by atoms with Crippen LogP contribution in [0.3, 0.4) is 0 Å². The van der Waals surface area contributed by atoms with Crippen LogP contribution in [0.4, 0.5) is 0 Å². The molecule has 0 saturated heterocycles. The van der Waals surface area contributed by atoms with E-state index in [9.17, 15) is 14.7 Å². The molecule has 0 aromatic carbocycles. The third kappa shape index (κ3) is 4.01. The van der Waals surface area contributed by atoms with Crippen LogP contribution in [0.15, 0.2) is 0 Å². The Balaban J connectivity index is 2.19. The monoisotopic (exact) mass is 338 g/mol. The van der Waals surface area contributed by atoms with E-state index < -0.39 is 0 Å². The van der Waals surface area contributed by atoms with Gasteiger partial charge in [-0.3, -0.25) is 9.59 Å². The quantitative estimate of drug-likeness (QED) is 0.652. The molecule has 0 radical (unpaired) electrons. The normalized spacial score (nSPS) is 35.2. The highest BCUT2D eigenvalue weighted by atomic mass is 16.5. The second-order valence-corrected chi connectivity index (χ2v) is 7.80. The molecule has 2 saturated carbocycles. The zero-order valence-corrected chi connectivity index (χ0v) is 15.5. The van der Waals surface area contributed by atoms with E-state index in [4.69, 9.17) is 4.74 Å². The number of aliphatic hydroxyl groups is 1. The summed E-state index contributed by atoms with van der Waals surface area (Å²) in [7, 11) is 0. The fourth-order valence-corrected chi connectivity index (χ4v) is 5.27. The van der Waals surface area contributed by atoms with Gasteiger partial charge in [-0.15, -0.1) is 0 Å². The van der Waals surface area contributed by atoms with Gasteiger partial charge in [0.05, 0.1) is 6.61 Å². The van der Waals surface area contributed by atoms with E-state index in [0.717, 1.165) is 44.9 Å². The van der Waals surface area contributed by atoms with Gasteiger partial charge in [0.15, 0.2) is 0 Å². The van der Waals surface area contributed by atoms with Gasteiger partial charge in [0.2, 0.25) is 0 Å². The lowest BCUT2D eigenvalue weighted by Crippen LogP contribution is -2.25. The minimum absolute atomic E-state index is 0.00906. The summed E-state index contributed by atoms with van der Waals surface area (Å²) >= 11 is 0. The van der Waals surface area contributed by atoms with Gasteiger partial charge in [-0.1, -0.05) is 39.5 Å². The predicted molar refractivity (Wildman–Crippen MR) is 93.3 cm³/mol. The molecule has 0 unspecified atom stereocenters. The number of unbranched alkanes of at least 4 members (excludes halogenated alkanes) is 2. The molecule has 2 aliphatic carbocycles. The van der Waals surface area contributed by atoms with E-state index in [1.165, 1.54) is 6.92 Å². The third-order valence-corrected chi connectivity index (χ3v) is 6.27. The number of hydrogen-bond donors (Lipinski definition) is 1. The predicted octanol–water partition coefficient (Wildman–Crippen LogP) is 3.61. The van der Waals surface area contributed by atoms with Crippen molar-refractivity contribution in [3.63, 3.8) is 0 Å². The summed E-state index contributed by atoms with van der Waals surface area (Å²) in [6.45, 7) is 6.26. The van der Waals surface area contributed by atoms with Gasteiger partial charge >= 0.3 is 5.97 Å². The van der Waals surface area contributed by atoms with Crippen LogP contribution >= 0.6 is 0 Å². The molecule has 0 heterocycles. The van der Waals surface area contributed by atoms with Gasteiger partial charge in [-0.05, 0) is 37.0 Å². The average molecular weight is 338 g/mol. The molecule has 4 nitrogen and oxygen atoms in total. The minimum Gasteiger partial charge on any atom is -0.466 e. The molecule has 138 valence electrons. The molecule has 4 heteroatoms. The Hall–Kier alpha value is -0.900. The van der Waals surface area contributed by atoms with E-state index in [1.54, 1.807) is 0 Å². The number of carbonyl (C=O) groups excluding carboxylic acids is 2. The van der Waals surface area contributed by atoms with Gasteiger partial charge in [0.1, 0.15) is 5.78 Å². The molecule has 0 aromatic heterocycles. The van der Waals surface area contributed by atoms with Gasteiger partial charge in [-0.2, -0.15) is 0 Å². The second kappa shape index (κ2) is 8.98. The Kier molecular flexibility index (Phi) is 7.27. The fourth-order valence-electron chi connectivity index (χ4n) is 5.27. The highest BCUT2D eigenvalue weighted by Gasteiger charge is 2.58. The van der Waals surface area contributed by atoms with E-state index in [0.29, 0.717) is 18.3 Å². The van der Waals surface area contributed by atoms with Crippen molar-refractivity contribution >= 4 is 11.8 Å². The summed E-state index contributed by atoms with van der Waals surface area (Å²) in [5.41, 5.74) is 0. The summed E-state index contributed by atoms with van der Waals surface area (Å²) in [6, 6.07) is 0. The Morgan fingerprint density at radius 1 is 1.17 bits per heavy atom. The minimum atomic E-state index is -0.283. The van der Waals surface area contributed by atoms with Crippen molar-refractivity contribution in [1.82, 2.24) is 0 Å². The first kappa shape index (κ1) is 19.4. The molecule has 0 bridgehead atoms. The van der Waals surface area contributed by atoms with E-state index in [1.807, 2.05) is 0 Å². The number of ketones is 1. The van der Waals surface area contributed by atoms with Gasteiger partial charge in [0, 0.05) is 31.3 Å². The van der Waals surface area contributed by atoms with Crippen molar-refractivity contribution < 1.29 is 19.4 Å². The van der Waals surface area contributed by atoms with Crippen molar-refractivity contribution in [3.8, 4) is 0 Å². The van der Waals surface area contributed by atoms with Crippen LogP contribution in [0.1, 0.15) is 65.7 Å². The van der Waals surface area contributed by atoms with Crippen LogP contribution in [-0.2, 0) is 14.3 Å². The number of rotatable bonds is 9. The molecule has 2 rings (SSSR count). The van der Waals surface area contributed by atoms with Crippen molar-refractivity contribution in [3.05, 3.63) is 0 Å². The molecule has 0 spiro atoms. The lowest BCUT2D eigenvalue weighted by atomic mass is 9.78. The first-order valence-corrected chi connectivity index (χ1v) is 9.82. The average Bonchev–Trinajstić information content (AvgIpc) is 3.05.